The molecule has 0 spiro atoms. The van der Waals surface area contributed by atoms with Crippen LogP contribution >= 0.6 is 0 Å². The zero-order chi connectivity index (χ0) is 19.4. The number of carboxylic acids is 1. The van der Waals surface area contributed by atoms with Crippen LogP contribution in [0.15, 0.2) is 0 Å². The number of hydrogen-bond donors (Lipinski definition) is 2. The number of rotatable bonds is 5. The largest absolute Gasteiger partial charge is 0.481 e. The summed E-state index contributed by atoms with van der Waals surface area (Å²) in [7, 11) is 0. The number of amides is 1. The molecule has 5 aliphatic rings. The Bertz CT molecular complexity index is 599. The Kier molecular flexibility index (Phi) is 4.81. The molecule has 27 heavy (non-hydrogen) atoms. The second kappa shape index (κ2) is 6.75. The number of aliphatic carboxylic acids is 1. The second-order valence-corrected chi connectivity index (χ2v) is 10.6. The first-order valence-corrected chi connectivity index (χ1v) is 10.9. The quantitative estimate of drug-likeness (QED) is 0.765. The summed E-state index contributed by atoms with van der Waals surface area (Å²) < 4.78 is 6.26. The molecule has 4 unspecified atom stereocenters. The molecule has 0 aromatic rings. The van der Waals surface area contributed by atoms with E-state index in [0.717, 1.165) is 44.9 Å². The van der Waals surface area contributed by atoms with Crippen LogP contribution in [-0.4, -0.2) is 34.7 Å². The van der Waals surface area contributed by atoms with E-state index in [0.29, 0.717) is 23.7 Å². The second-order valence-electron chi connectivity index (χ2n) is 10.6. The summed E-state index contributed by atoms with van der Waals surface area (Å²) in [5.74, 6) is 1.16. The number of carbonyl (C=O) groups excluding carboxylic acids is 1. The van der Waals surface area contributed by atoms with Crippen LogP contribution in [0.2, 0.25) is 0 Å². The van der Waals surface area contributed by atoms with Crippen molar-refractivity contribution < 1.29 is 19.4 Å². The van der Waals surface area contributed by atoms with Gasteiger partial charge in [0.25, 0.3) is 5.91 Å². The van der Waals surface area contributed by atoms with E-state index < -0.39 is 17.0 Å². The Hall–Kier alpha value is -1.10. The third kappa shape index (κ3) is 3.52. The van der Waals surface area contributed by atoms with Crippen molar-refractivity contribution in [2.24, 2.45) is 29.1 Å². The van der Waals surface area contributed by atoms with Crippen molar-refractivity contribution in [1.29, 1.82) is 0 Å². The van der Waals surface area contributed by atoms with Crippen LogP contribution < -0.4 is 5.32 Å². The number of nitrogens with one attached hydrogen (secondary N) is 1. The van der Waals surface area contributed by atoms with E-state index in [1.54, 1.807) is 0 Å². The molecule has 0 saturated heterocycles. The number of hydrogen-bond acceptors (Lipinski definition) is 3. The van der Waals surface area contributed by atoms with Crippen molar-refractivity contribution in [3.05, 3.63) is 0 Å². The van der Waals surface area contributed by atoms with Crippen LogP contribution in [0.4, 0.5) is 0 Å². The maximum atomic E-state index is 13.1. The molecule has 2 N–H and O–H groups in total. The molecule has 0 radical (unpaired) electrons. The normalized spacial score (nSPS) is 43.5. The third-order valence-electron chi connectivity index (χ3n) is 7.92. The molecule has 5 aliphatic carbocycles. The summed E-state index contributed by atoms with van der Waals surface area (Å²) in [5.41, 5.74) is -1.36. The molecule has 0 heterocycles. The number of carboxylic acid groups (broad SMARTS) is 1. The molecule has 1 amide bonds. The van der Waals surface area contributed by atoms with Crippen molar-refractivity contribution >= 4 is 11.9 Å². The van der Waals surface area contributed by atoms with Gasteiger partial charge in [-0.05, 0) is 82.5 Å². The smallest absolute Gasteiger partial charge is 0.309 e. The molecule has 4 atom stereocenters. The summed E-state index contributed by atoms with van der Waals surface area (Å²) in [6.07, 6.45) is 9.10. The predicted molar refractivity (Wildman–Crippen MR) is 102 cm³/mol. The highest BCUT2D eigenvalue weighted by molar-refractivity contribution is 5.84. The van der Waals surface area contributed by atoms with E-state index in [1.807, 2.05) is 13.8 Å². The lowest BCUT2D eigenvalue weighted by atomic mass is 9.48. The number of carbonyl (C=O) groups is 2. The fourth-order valence-electron chi connectivity index (χ4n) is 6.80. The van der Waals surface area contributed by atoms with E-state index in [-0.39, 0.29) is 18.1 Å². The van der Waals surface area contributed by atoms with Gasteiger partial charge < -0.3 is 15.2 Å². The van der Waals surface area contributed by atoms with Crippen LogP contribution in [-0.2, 0) is 14.3 Å². The van der Waals surface area contributed by atoms with E-state index in [2.05, 4.69) is 12.2 Å². The van der Waals surface area contributed by atoms with Crippen LogP contribution in [0.5, 0.6) is 0 Å². The third-order valence-corrected chi connectivity index (χ3v) is 7.92. The monoisotopic (exact) mass is 377 g/mol. The van der Waals surface area contributed by atoms with Gasteiger partial charge in [0, 0.05) is 6.04 Å². The first kappa shape index (κ1) is 19.2. The molecule has 0 aromatic carbocycles. The molecule has 5 nitrogen and oxygen atoms in total. The topological polar surface area (TPSA) is 75.6 Å². The average Bonchev–Trinajstić information content (AvgIpc) is 2.56. The minimum Gasteiger partial charge on any atom is -0.481 e. The molecule has 152 valence electrons. The molecule has 5 heteroatoms. The Balaban J connectivity index is 1.40. The molecular weight excluding hydrogens is 342 g/mol. The average molecular weight is 378 g/mol. The van der Waals surface area contributed by atoms with Crippen LogP contribution in [0.3, 0.4) is 0 Å². The summed E-state index contributed by atoms with van der Waals surface area (Å²) in [6, 6.07) is 0.120. The van der Waals surface area contributed by atoms with E-state index in [9.17, 15) is 14.7 Å². The SMILES string of the molecule is CC1CCCC(OC(C)(C)C(=O)NC2C3CC4CC2CC(C(=O)O)(C4)C3)C1. The highest BCUT2D eigenvalue weighted by atomic mass is 16.5. The van der Waals surface area contributed by atoms with Gasteiger partial charge in [0.05, 0.1) is 11.5 Å². The van der Waals surface area contributed by atoms with E-state index >= 15 is 0 Å². The highest BCUT2D eigenvalue weighted by Gasteiger charge is 2.59. The summed E-state index contributed by atoms with van der Waals surface area (Å²) in [5, 5.41) is 13.1. The predicted octanol–water partition coefficient (Wildman–Crippen LogP) is 3.76. The Morgan fingerprint density at radius 3 is 2.33 bits per heavy atom. The van der Waals surface area contributed by atoms with Gasteiger partial charge in [0.2, 0.25) is 0 Å². The zero-order valence-corrected chi connectivity index (χ0v) is 17.0. The van der Waals surface area contributed by atoms with Crippen LogP contribution in [0.1, 0.15) is 78.6 Å². The van der Waals surface area contributed by atoms with Crippen molar-refractivity contribution in [3.8, 4) is 0 Å². The van der Waals surface area contributed by atoms with Crippen molar-refractivity contribution in [2.75, 3.05) is 0 Å². The number of ether oxygens (including phenoxy) is 1. The molecule has 5 rings (SSSR count). The van der Waals surface area contributed by atoms with Gasteiger partial charge in [0.15, 0.2) is 0 Å². The zero-order valence-electron chi connectivity index (χ0n) is 17.0. The molecule has 5 fully saturated rings. The van der Waals surface area contributed by atoms with Gasteiger partial charge in [-0.2, -0.15) is 0 Å². The molecule has 0 aromatic heterocycles. The van der Waals surface area contributed by atoms with Gasteiger partial charge in [-0.15, -0.1) is 0 Å². The summed E-state index contributed by atoms with van der Waals surface area (Å²) in [6.45, 7) is 6.03. The van der Waals surface area contributed by atoms with Gasteiger partial charge in [-0.1, -0.05) is 19.8 Å². The minimum atomic E-state index is -0.832. The molecule has 4 bridgehead atoms. The Morgan fingerprint density at radius 1 is 1.07 bits per heavy atom. The molecular formula is C22H35NO4. The van der Waals surface area contributed by atoms with E-state index in [4.69, 9.17) is 4.74 Å². The Labute approximate surface area is 162 Å². The first-order valence-electron chi connectivity index (χ1n) is 10.9. The van der Waals surface area contributed by atoms with Gasteiger partial charge in [0.1, 0.15) is 5.60 Å². The lowest BCUT2D eigenvalue weighted by molar-refractivity contribution is -0.170. The van der Waals surface area contributed by atoms with Crippen LogP contribution in [0.25, 0.3) is 0 Å². The molecule has 5 saturated carbocycles. The summed E-state index contributed by atoms with van der Waals surface area (Å²) in [4.78, 5) is 25.0. The van der Waals surface area contributed by atoms with Gasteiger partial charge in [-0.3, -0.25) is 9.59 Å². The maximum absolute atomic E-state index is 13.1. The fourth-order valence-corrected chi connectivity index (χ4v) is 6.80. The first-order chi connectivity index (χ1) is 12.7. The lowest BCUT2D eigenvalue weighted by Gasteiger charge is -2.58. The standard InChI is InChI=1S/C22H35NO4/c1-13-5-4-6-17(7-13)27-21(2,3)19(24)23-18-15-8-14-9-16(18)12-22(10-14,11-15)20(25)26/h13-18H,4-12H2,1-3H3,(H,23,24)(H,25,26). The minimum absolute atomic E-state index is 0.0254. The molecule has 0 aliphatic heterocycles. The van der Waals surface area contributed by atoms with Gasteiger partial charge >= 0.3 is 5.97 Å². The van der Waals surface area contributed by atoms with Crippen molar-refractivity contribution in [3.63, 3.8) is 0 Å². The van der Waals surface area contributed by atoms with Gasteiger partial charge in [-0.25, -0.2) is 0 Å². The Morgan fingerprint density at radius 2 is 1.74 bits per heavy atom. The lowest BCUT2D eigenvalue weighted by Crippen LogP contribution is -2.63. The van der Waals surface area contributed by atoms with Crippen molar-refractivity contribution in [1.82, 2.24) is 5.32 Å². The van der Waals surface area contributed by atoms with Crippen LogP contribution in [0, 0.1) is 29.1 Å². The van der Waals surface area contributed by atoms with E-state index in [1.165, 1.54) is 12.8 Å². The maximum Gasteiger partial charge on any atom is 0.309 e. The fraction of sp³-hybridized carbons (Fsp3) is 0.909. The highest BCUT2D eigenvalue weighted by Crippen LogP contribution is 2.60. The van der Waals surface area contributed by atoms with Crippen molar-refractivity contribution in [2.45, 2.75) is 96.3 Å². The summed E-state index contributed by atoms with van der Waals surface area (Å²) >= 11 is 0.